The summed E-state index contributed by atoms with van der Waals surface area (Å²) < 4.78 is 47.5. The lowest BCUT2D eigenvalue weighted by molar-refractivity contribution is 0.518. The van der Waals surface area contributed by atoms with Crippen LogP contribution in [0.1, 0.15) is 12.8 Å². The van der Waals surface area contributed by atoms with Crippen LogP contribution < -0.4 is 4.72 Å². The topological polar surface area (TPSA) is 80.3 Å². The van der Waals surface area contributed by atoms with E-state index in [0.717, 1.165) is 0 Å². The number of sulfonamides is 1. The fourth-order valence-corrected chi connectivity index (χ4v) is 4.91. The standard InChI is InChI=1S/C7H14ClNO4S2/c8-3-5-15(12,13)9-7-2-1-4-14(10,11)6-7/h7,9H,1-6H2. The molecule has 1 atom stereocenters. The Bertz CT molecular complexity index is 403. The van der Waals surface area contributed by atoms with Crippen molar-refractivity contribution in [3.63, 3.8) is 0 Å². The molecule has 1 rings (SSSR count). The molecule has 1 saturated heterocycles. The maximum Gasteiger partial charge on any atom is 0.213 e. The Morgan fingerprint density at radius 2 is 2.07 bits per heavy atom. The predicted octanol–water partition coefficient (Wildman–Crippen LogP) is -0.278. The van der Waals surface area contributed by atoms with Gasteiger partial charge in [0.05, 0.1) is 17.3 Å². The highest BCUT2D eigenvalue weighted by atomic mass is 35.5. The summed E-state index contributed by atoms with van der Waals surface area (Å²) >= 11 is 5.32. The third-order valence-electron chi connectivity index (χ3n) is 2.16. The quantitative estimate of drug-likeness (QED) is 0.716. The van der Waals surface area contributed by atoms with Gasteiger partial charge in [0.1, 0.15) is 0 Å². The van der Waals surface area contributed by atoms with E-state index in [9.17, 15) is 16.8 Å². The molecule has 8 heteroatoms. The van der Waals surface area contributed by atoms with Crippen LogP contribution in [0, 0.1) is 0 Å². The second-order valence-corrected chi connectivity index (χ2v) is 8.06. The molecule has 1 unspecified atom stereocenters. The second-order valence-electron chi connectivity index (χ2n) is 3.58. The zero-order valence-corrected chi connectivity index (χ0v) is 10.5. The average molecular weight is 276 g/mol. The van der Waals surface area contributed by atoms with E-state index < -0.39 is 25.9 Å². The van der Waals surface area contributed by atoms with Gasteiger partial charge in [-0.25, -0.2) is 21.6 Å². The number of alkyl halides is 1. The molecule has 0 bridgehead atoms. The van der Waals surface area contributed by atoms with Crippen molar-refractivity contribution in [2.75, 3.05) is 23.1 Å². The minimum Gasteiger partial charge on any atom is -0.229 e. The average Bonchev–Trinajstić information content (AvgIpc) is 1.99. The van der Waals surface area contributed by atoms with Gasteiger partial charge in [0, 0.05) is 11.9 Å². The lowest BCUT2D eigenvalue weighted by Crippen LogP contribution is -2.44. The van der Waals surface area contributed by atoms with Crippen molar-refractivity contribution >= 4 is 31.5 Å². The van der Waals surface area contributed by atoms with Gasteiger partial charge in [0.15, 0.2) is 9.84 Å². The zero-order valence-electron chi connectivity index (χ0n) is 8.15. The Hall–Kier alpha value is 0.150. The normalized spacial score (nSPS) is 26.3. The minimum absolute atomic E-state index is 0.00873. The molecule has 15 heavy (non-hydrogen) atoms. The molecule has 1 heterocycles. The first-order chi connectivity index (χ1) is 6.85. The number of nitrogens with one attached hydrogen (secondary N) is 1. The molecule has 0 aromatic carbocycles. The lowest BCUT2D eigenvalue weighted by atomic mass is 10.2. The first-order valence-electron chi connectivity index (χ1n) is 4.61. The summed E-state index contributed by atoms with van der Waals surface area (Å²) in [5, 5.41) is 0. The van der Waals surface area contributed by atoms with Crippen LogP contribution in [-0.4, -0.2) is 46.0 Å². The summed E-state index contributed by atoms with van der Waals surface area (Å²) in [5.41, 5.74) is 0. The highest BCUT2D eigenvalue weighted by Gasteiger charge is 2.27. The summed E-state index contributed by atoms with van der Waals surface area (Å²) in [6, 6.07) is -0.489. The van der Waals surface area contributed by atoms with E-state index in [-0.39, 0.29) is 23.1 Å². The Morgan fingerprint density at radius 1 is 1.40 bits per heavy atom. The van der Waals surface area contributed by atoms with E-state index >= 15 is 0 Å². The van der Waals surface area contributed by atoms with Crippen LogP contribution in [0.15, 0.2) is 0 Å². The lowest BCUT2D eigenvalue weighted by Gasteiger charge is -2.22. The number of hydrogen-bond donors (Lipinski definition) is 1. The van der Waals surface area contributed by atoms with E-state index in [1.165, 1.54) is 0 Å². The third-order valence-corrected chi connectivity index (χ3v) is 5.82. The van der Waals surface area contributed by atoms with Gasteiger partial charge >= 0.3 is 0 Å². The number of hydrogen-bond acceptors (Lipinski definition) is 4. The van der Waals surface area contributed by atoms with Crippen molar-refractivity contribution in [3.8, 4) is 0 Å². The van der Waals surface area contributed by atoms with E-state index in [0.29, 0.717) is 12.8 Å². The molecule has 1 aliphatic heterocycles. The highest BCUT2D eigenvalue weighted by Crippen LogP contribution is 2.12. The summed E-state index contributed by atoms with van der Waals surface area (Å²) in [7, 11) is -6.51. The van der Waals surface area contributed by atoms with Crippen molar-refractivity contribution in [1.29, 1.82) is 0 Å². The molecular weight excluding hydrogens is 262 g/mol. The zero-order chi connectivity index (χ0) is 11.5. The van der Waals surface area contributed by atoms with Crippen molar-refractivity contribution in [2.24, 2.45) is 0 Å². The Balaban J connectivity index is 2.60. The van der Waals surface area contributed by atoms with Crippen LogP contribution in [0.4, 0.5) is 0 Å². The van der Waals surface area contributed by atoms with Gasteiger partial charge in [-0.3, -0.25) is 0 Å². The van der Waals surface area contributed by atoms with Gasteiger partial charge in [0.25, 0.3) is 0 Å². The summed E-state index contributed by atoms with van der Waals surface area (Å²) in [4.78, 5) is 0. The SMILES string of the molecule is O=S1(=O)CCCC(NS(=O)(=O)CCCl)C1. The fraction of sp³-hybridized carbons (Fsp3) is 1.00. The summed E-state index contributed by atoms with van der Waals surface area (Å²) in [6.07, 6.45) is 1.08. The van der Waals surface area contributed by atoms with Crippen LogP contribution in [-0.2, 0) is 19.9 Å². The molecule has 0 aromatic rings. The minimum atomic E-state index is -3.43. The Labute approximate surface area is 95.2 Å². The third kappa shape index (κ3) is 4.67. The molecule has 0 spiro atoms. The number of sulfone groups is 1. The van der Waals surface area contributed by atoms with Gasteiger partial charge in [-0.15, -0.1) is 11.6 Å². The first-order valence-corrected chi connectivity index (χ1v) is 8.62. The van der Waals surface area contributed by atoms with E-state index in [2.05, 4.69) is 4.72 Å². The van der Waals surface area contributed by atoms with Crippen LogP contribution in [0.2, 0.25) is 0 Å². The molecule has 0 radical (unpaired) electrons. The van der Waals surface area contributed by atoms with E-state index in [1.807, 2.05) is 0 Å². The molecule has 5 nitrogen and oxygen atoms in total. The number of halogens is 1. The van der Waals surface area contributed by atoms with Crippen molar-refractivity contribution in [3.05, 3.63) is 0 Å². The summed E-state index contributed by atoms with van der Waals surface area (Å²) in [6.45, 7) is 0. The van der Waals surface area contributed by atoms with Gasteiger partial charge in [-0.05, 0) is 12.8 Å². The molecule has 1 fully saturated rings. The molecule has 1 aliphatic rings. The van der Waals surface area contributed by atoms with Crippen molar-refractivity contribution in [2.45, 2.75) is 18.9 Å². The van der Waals surface area contributed by atoms with Gasteiger partial charge in [0.2, 0.25) is 10.0 Å². The maximum atomic E-state index is 11.3. The largest absolute Gasteiger partial charge is 0.229 e. The van der Waals surface area contributed by atoms with Crippen LogP contribution in [0.25, 0.3) is 0 Å². The molecular formula is C7H14ClNO4S2. The Morgan fingerprint density at radius 3 is 2.60 bits per heavy atom. The van der Waals surface area contributed by atoms with Gasteiger partial charge in [-0.1, -0.05) is 0 Å². The van der Waals surface area contributed by atoms with Crippen LogP contribution in [0.5, 0.6) is 0 Å². The second kappa shape index (κ2) is 4.99. The number of rotatable bonds is 4. The molecule has 0 aromatic heterocycles. The monoisotopic (exact) mass is 275 g/mol. The fourth-order valence-electron chi connectivity index (χ4n) is 1.53. The molecule has 0 aliphatic carbocycles. The molecule has 0 saturated carbocycles. The smallest absolute Gasteiger partial charge is 0.213 e. The van der Waals surface area contributed by atoms with Crippen LogP contribution >= 0.6 is 11.6 Å². The maximum absolute atomic E-state index is 11.3. The molecule has 0 amide bonds. The van der Waals surface area contributed by atoms with Crippen molar-refractivity contribution in [1.82, 2.24) is 4.72 Å². The predicted molar refractivity (Wildman–Crippen MR) is 59.3 cm³/mol. The van der Waals surface area contributed by atoms with Gasteiger partial charge < -0.3 is 0 Å². The Kier molecular flexibility index (Phi) is 4.39. The highest BCUT2D eigenvalue weighted by molar-refractivity contribution is 7.91. The van der Waals surface area contributed by atoms with Gasteiger partial charge in [-0.2, -0.15) is 0 Å². The van der Waals surface area contributed by atoms with E-state index in [1.54, 1.807) is 0 Å². The first kappa shape index (κ1) is 13.2. The van der Waals surface area contributed by atoms with Crippen molar-refractivity contribution < 1.29 is 16.8 Å². The summed E-state index contributed by atoms with van der Waals surface area (Å²) in [5.74, 6) is -0.116. The molecule has 1 N–H and O–H groups in total. The van der Waals surface area contributed by atoms with Crippen LogP contribution in [0.3, 0.4) is 0 Å². The molecule has 90 valence electrons. The van der Waals surface area contributed by atoms with E-state index in [4.69, 9.17) is 11.6 Å².